The molecule has 0 atom stereocenters. The van der Waals surface area contributed by atoms with Crippen molar-refractivity contribution in [3.8, 4) is 44.9 Å². The smallest absolute Gasteiger partial charge is 0.160 e. The van der Waals surface area contributed by atoms with E-state index >= 15 is 0 Å². The van der Waals surface area contributed by atoms with Crippen LogP contribution in [0.3, 0.4) is 0 Å². The van der Waals surface area contributed by atoms with Gasteiger partial charge in [-0.05, 0) is 110 Å². The number of fused-ring (bicyclic) bond motifs is 4. The van der Waals surface area contributed by atoms with Crippen LogP contribution in [0.15, 0.2) is 206 Å². The Morgan fingerprint density at radius 2 is 0.750 bits per heavy atom. The first-order valence-corrected chi connectivity index (χ1v) is 20.7. The van der Waals surface area contributed by atoms with E-state index in [-0.39, 0.29) is 0 Å². The molecule has 0 radical (unpaired) electrons. The van der Waals surface area contributed by atoms with Gasteiger partial charge in [-0.15, -0.1) is 0 Å². The van der Waals surface area contributed by atoms with Crippen LogP contribution in [0, 0.1) is 0 Å². The van der Waals surface area contributed by atoms with Crippen LogP contribution in [0.25, 0.3) is 131 Å². The van der Waals surface area contributed by atoms with E-state index in [1.165, 1.54) is 92.1 Å². The van der Waals surface area contributed by atoms with E-state index in [0.717, 1.165) is 39.1 Å². The van der Waals surface area contributed by atoms with Crippen molar-refractivity contribution in [2.45, 2.75) is 0 Å². The predicted octanol–water partition coefficient (Wildman–Crippen LogP) is 15.8. The van der Waals surface area contributed by atoms with Crippen LogP contribution in [-0.2, 0) is 0 Å². The summed E-state index contributed by atoms with van der Waals surface area (Å²) in [6.45, 7) is 0. The maximum atomic E-state index is 5.13. The lowest BCUT2D eigenvalue weighted by Crippen LogP contribution is -1.95. The topological polar surface area (TPSA) is 25.8 Å². The highest BCUT2D eigenvalue weighted by Gasteiger charge is 2.19. The molecule has 0 aliphatic heterocycles. The fourth-order valence-electron chi connectivity index (χ4n) is 10.1. The summed E-state index contributed by atoms with van der Waals surface area (Å²) in [4.78, 5) is 10.2. The van der Waals surface area contributed by atoms with E-state index in [1.807, 2.05) is 12.1 Å². The minimum atomic E-state index is 0.723. The van der Waals surface area contributed by atoms with Gasteiger partial charge < -0.3 is 0 Å². The molecule has 0 bridgehead atoms. The quantitative estimate of drug-likeness (QED) is 0.167. The molecule has 2 heteroatoms. The Bertz CT molecular complexity index is 3870. The van der Waals surface area contributed by atoms with Crippen molar-refractivity contribution < 1.29 is 0 Å². The fraction of sp³-hybridized carbons (Fsp3) is 0. The van der Waals surface area contributed by atoms with E-state index in [2.05, 4.69) is 194 Å². The van der Waals surface area contributed by atoms with Crippen molar-refractivity contribution >= 4 is 86.3 Å². The molecule has 0 N–H and O–H groups in total. The maximum absolute atomic E-state index is 5.13. The Morgan fingerprint density at radius 3 is 1.45 bits per heavy atom. The molecule has 276 valence electrons. The van der Waals surface area contributed by atoms with E-state index in [9.17, 15) is 0 Å². The first kappa shape index (κ1) is 33.1. The molecular formula is C58H34N2. The minimum absolute atomic E-state index is 0.723. The number of rotatable bonds is 4. The highest BCUT2D eigenvalue weighted by Crippen LogP contribution is 2.47. The first-order valence-electron chi connectivity index (χ1n) is 20.7. The van der Waals surface area contributed by atoms with Crippen LogP contribution in [0.2, 0.25) is 0 Å². The van der Waals surface area contributed by atoms with Gasteiger partial charge in [-0.3, -0.25) is 0 Å². The van der Waals surface area contributed by atoms with Gasteiger partial charge in [0.25, 0.3) is 0 Å². The van der Waals surface area contributed by atoms with E-state index < -0.39 is 0 Å². The van der Waals surface area contributed by atoms with Gasteiger partial charge in [-0.25, -0.2) is 9.97 Å². The van der Waals surface area contributed by atoms with E-state index in [1.54, 1.807) is 0 Å². The van der Waals surface area contributed by atoms with E-state index in [4.69, 9.17) is 9.97 Å². The number of hydrogen-bond acceptors (Lipinski definition) is 2. The SMILES string of the molecule is c1ccc(-c2nc(-c3ccc(-c4ccc(-c5cc6cccc7c8cccc9ccc%10cccc(c%11cccc5c%11c67)c%10c98)c5ccccc45)cc3)nc3ccccc23)cc1. The lowest BCUT2D eigenvalue weighted by Gasteiger charge is -2.19. The van der Waals surface area contributed by atoms with Gasteiger partial charge in [0.2, 0.25) is 0 Å². The summed E-state index contributed by atoms with van der Waals surface area (Å²) in [6, 6.07) is 75.3. The summed E-state index contributed by atoms with van der Waals surface area (Å²) in [6.07, 6.45) is 0. The van der Waals surface area contributed by atoms with Crippen LogP contribution >= 0.6 is 0 Å². The van der Waals surface area contributed by atoms with E-state index in [0.29, 0.717) is 0 Å². The van der Waals surface area contributed by atoms with Crippen molar-refractivity contribution in [1.29, 1.82) is 0 Å². The van der Waals surface area contributed by atoms with Gasteiger partial charge in [0.05, 0.1) is 11.2 Å². The fourth-order valence-corrected chi connectivity index (χ4v) is 10.1. The third kappa shape index (κ3) is 4.82. The summed E-state index contributed by atoms with van der Waals surface area (Å²) < 4.78 is 0. The predicted molar refractivity (Wildman–Crippen MR) is 255 cm³/mol. The summed E-state index contributed by atoms with van der Waals surface area (Å²) in [7, 11) is 0. The lowest BCUT2D eigenvalue weighted by molar-refractivity contribution is 1.23. The van der Waals surface area contributed by atoms with Crippen molar-refractivity contribution in [3.05, 3.63) is 206 Å². The molecule has 0 fully saturated rings. The molecule has 13 aromatic rings. The first-order chi connectivity index (χ1) is 29.8. The molecule has 60 heavy (non-hydrogen) atoms. The number of benzene rings is 11. The average Bonchev–Trinajstić information content (AvgIpc) is 3.32. The summed E-state index contributed by atoms with van der Waals surface area (Å²) in [5.74, 6) is 0.723. The van der Waals surface area contributed by atoms with Crippen molar-refractivity contribution in [2.75, 3.05) is 0 Å². The normalized spacial score (nSPS) is 12.0. The maximum Gasteiger partial charge on any atom is 0.160 e. The molecule has 1 heterocycles. The standard InChI is InChI=1S/C58H34N2/c1-2-12-38(13-3-1)57-50-19-6-7-25-52(50)59-58(60-57)39-30-26-35(27-31-39)41-32-33-44(43-18-5-4-17-42(41)43)51-34-40-16-10-22-46-45-20-8-14-36-28-29-37-15-9-21-47(54(37)53(36)45)48-23-11-24-49(51)56(48)55(40)46/h1-34H. The van der Waals surface area contributed by atoms with Crippen LogP contribution in [0.5, 0.6) is 0 Å². The molecule has 0 aliphatic rings. The zero-order chi connectivity index (χ0) is 39.3. The van der Waals surface area contributed by atoms with Gasteiger partial charge >= 0.3 is 0 Å². The Labute approximate surface area is 346 Å². The van der Waals surface area contributed by atoms with Crippen LogP contribution < -0.4 is 0 Å². The third-order valence-electron chi connectivity index (χ3n) is 12.8. The summed E-state index contributed by atoms with van der Waals surface area (Å²) in [5, 5.41) is 19.0. The zero-order valence-electron chi connectivity index (χ0n) is 32.5. The molecule has 2 nitrogen and oxygen atoms in total. The van der Waals surface area contributed by atoms with Crippen LogP contribution in [-0.4, -0.2) is 9.97 Å². The number of aromatic nitrogens is 2. The highest BCUT2D eigenvalue weighted by atomic mass is 14.9. The molecule has 0 aliphatic carbocycles. The Kier molecular flexibility index (Phi) is 7.05. The van der Waals surface area contributed by atoms with Crippen molar-refractivity contribution in [1.82, 2.24) is 9.97 Å². The number of nitrogens with zero attached hydrogens (tertiary/aromatic N) is 2. The monoisotopic (exact) mass is 758 g/mol. The van der Waals surface area contributed by atoms with Gasteiger partial charge in [0.15, 0.2) is 5.82 Å². The Hall–Kier alpha value is -7.94. The van der Waals surface area contributed by atoms with Crippen molar-refractivity contribution in [3.63, 3.8) is 0 Å². The van der Waals surface area contributed by atoms with Crippen LogP contribution in [0.1, 0.15) is 0 Å². The van der Waals surface area contributed by atoms with Gasteiger partial charge in [0, 0.05) is 16.5 Å². The molecular weight excluding hydrogens is 725 g/mol. The van der Waals surface area contributed by atoms with Gasteiger partial charge in [0.1, 0.15) is 0 Å². The van der Waals surface area contributed by atoms with Crippen LogP contribution in [0.4, 0.5) is 0 Å². The lowest BCUT2D eigenvalue weighted by atomic mass is 9.84. The molecule has 0 amide bonds. The molecule has 1 aromatic heterocycles. The highest BCUT2D eigenvalue weighted by molar-refractivity contribution is 6.38. The molecule has 0 saturated heterocycles. The second-order valence-electron chi connectivity index (χ2n) is 16.0. The second kappa shape index (κ2) is 12.8. The minimum Gasteiger partial charge on any atom is -0.228 e. The summed E-state index contributed by atoms with van der Waals surface area (Å²) in [5.41, 5.74) is 8.79. The third-order valence-corrected chi connectivity index (χ3v) is 12.8. The zero-order valence-corrected chi connectivity index (χ0v) is 32.5. The van der Waals surface area contributed by atoms with Crippen molar-refractivity contribution in [2.24, 2.45) is 0 Å². The number of para-hydroxylation sites is 1. The molecule has 0 saturated carbocycles. The molecule has 13 rings (SSSR count). The molecule has 0 spiro atoms. The Balaban J connectivity index is 1.01. The van der Waals surface area contributed by atoms with Gasteiger partial charge in [-0.2, -0.15) is 0 Å². The number of hydrogen-bond donors (Lipinski definition) is 0. The molecule has 0 unspecified atom stereocenters. The molecule has 12 aromatic carbocycles. The largest absolute Gasteiger partial charge is 0.228 e. The second-order valence-corrected chi connectivity index (χ2v) is 16.0. The average molecular weight is 759 g/mol. The Morgan fingerprint density at radius 1 is 0.250 bits per heavy atom. The summed E-state index contributed by atoms with van der Waals surface area (Å²) >= 11 is 0. The van der Waals surface area contributed by atoms with Gasteiger partial charge in [-0.1, -0.05) is 194 Å².